The van der Waals surface area contributed by atoms with Gasteiger partial charge in [0.15, 0.2) is 0 Å². The van der Waals surface area contributed by atoms with E-state index in [2.05, 4.69) is 30.2 Å². The minimum Gasteiger partial charge on any atom is -0.395 e. The average molecular weight is 344 g/mol. The molecule has 3 rings (SSSR count). The Balaban J connectivity index is 1.87. The van der Waals surface area contributed by atoms with Gasteiger partial charge in [-0.3, -0.25) is 4.90 Å². The number of aromatic nitrogens is 4. The third-order valence-electron chi connectivity index (χ3n) is 4.44. The molecular formula is C17H24N6O2. The number of nitrogens with zero attached hydrogens (tertiary/aromatic N) is 5. The number of aliphatic hydroxyl groups excluding tert-OH is 2. The van der Waals surface area contributed by atoms with Gasteiger partial charge in [-0.1, -0.05) is 6.42 Å². The van der Waals surface area contributed by atoms with Gasteiger partial charge in [0.2, 0.25) is 5.95 Å². The van der Waals surface area contributed by atoms with Crippen LogP contribution in [0.1, 0.15) is 36.8 Å². The van der Waals surface area contributed by atoms with Crippen molar-refractivity contribution in [2.24, 2.45) is 0 Å². The first-order valence-corrected chi connectivity index (χ1v) is 8.58. The van der Waals surface area contributed by atoms with Gasteiger partial charge in [0.25, 0.3) is 0 Å². The van der Waals surface area contributed by atoms with Crippen LogP contribution in [0.2, 0.25) is 0 Å². The van der Waals surface area contributed by atoms with Gasteiger partial charge in [-0.25, -0.2) is 19.9 Å². The van der Waals surface area contributed by atoms with E-state index in [4.69, 9.17) is 0 Å². The van der Waals surface area contributed by atoms with Crippen molar-refractivity contribution in [3.8, 4) is 0 Å². The van der Waals surface area contributed by atoms with Crippen molar-refractivity contribution in [2.45, 2.75) is 38.3 Å². The summed E-state index contributed by atoms with van der Waals surface area (Å²) in [7, 11) is 0. The van der Waals surface area contributed by atoms with Crippen molar-refractivity contribution in [1.29, 1.82) is 0 Å². The third kappa shape index (κ3) is 4.28. The zero-order chi connectivity index (χ0) is 17.6. The lowest BCUT2D eigenvalue weighted by Gasteiger charge is -2.39. The number of aryl methyl sites for hydroxylation is 1. The molecule has 1 atom stereocenters. The van der Waals surface area contributed by atoms with E-state index >= 15 is 0 Å². The molecule has 8 heteroatoms. The predicted molar refractivity (Wildman–Crippen MR) is 93.3 cm³/mol. The van der Waals surface area contributed by atoms with Crippen LogP contribution in [-0.2, 0) is 0 Å². The van der Waals surface area contributed by atoms with Gasteiger partial charge in [-0.2, -0.15) is 0 Å². The molecule has 2 aromatic heterocycles. The fraction of sp³-hybridized carbons (Fsp3) is 0.529. The Labute approximate surface area is 147 Å². The molecule has 25 heavy (non-hydrogen) atoms. The van der Waals surface area contributed by atoms with Crippen molar-refractivity contribution in [3.05, 3.63) is 36.0 Å². The van der Waals surface area contributed by atoms with Crippen LogP contribution in [0, 0.1) is 6.92 Å². The van der Waals surface area contributed by atoms with Crippen molar-refractivity contribution >= 4 is 11.8 Å². The Morgan fingerprint density at radius 1 is 1.20 bits per heavy atom. The molecule has 0 bridgehead atoms. The molecule has 1 saturated heterocycles. The highest BCUT2D eigenvalue weighted by molar-refractivity contribution is 5.48. The van der Waals surface area contributed by atoms with Gasteiger partial charge in [0, 0.05) is 18.5 Å². The number of hydrogen-bond acceptors (Lipinski definition) is 8. The Morgan fingerprint density at radius 3 is 2.68 bits per heavy atom. The molecular weight excluding hydrogens is 320 g/mol. The summed E-state index contributed by atoms with van der Waals surface area (Å²) in [5, 5.41) is 22.3. The maximum atomic E-state index is 9.58. The largest absolute Gasteiger partial charge is 0.395 e. The first kappa shape index (κ1) is 17.7. The van der Waals surface area contributed by atoms with Crippen LogP contribution in [0.3, 0.4) is 0 Å². The van der Waals surface area contributed by atoms with E-state index < -0.39 is 0 Å². The fourth-order valence-corrected chi connectivity index (χ4v) is 3.28. The van der Waals surface area contributed by atoms with Gasteiger partial charge in [0.1, 0.15) is 11.6 Å². The first-order chi connectivity index (χ1) is 12.2. The summed E-state index contributed by atoms with van der Waals surface area (Å²) < 4.78 is 0. The van der Waals surface area contributed by atoms with Crippen LogP contribution in [0.25, 0.3) is 0 Å². The van der Waals surface area contributed by atoms with Crippen molar-refractivity contribution in [3.63, 3.8) is 0 Å². The number of rotatable bonds is 6. The Hall–Kier alpha value is -2.16. The summed E-state index contributed by atoms with van der Waals surface area (Å²) in [5.74, 6) is 1.78. The molecule has 8 nitrogen and oxygen atoms in total. The van der Waals surface area contributed by atoms with Crippen molar-refractivity contribution in [2.75, 3.05) is 25.1 Å². The number of likely N-dealkylation sites (tertiary alicyclic amines) is 1. The maximum absolute atomic E-state index is 9.58. The summed E-state index contributed by atoms with van der Waals surface area (Å²) in [5.41, 5.74) is 0.887. The zero-order valence-electron chi connectivity index (χ0n) is 14.3. The van der Waals surface area contributed by atoms with E-state index in [-0.39, 0.29) is 25.3 Å². The normalized spacial score (nSPS) is 18.5. The highest BCUT2D eigenvalue weighted by Crippen LogP contribution is 2.32. The smallest absolute Gasteiger partial charge is 0.228 e. The lowest BCUT2D eigenvalue weighted by atomic mass is 9.97. The average Bonchev–Trinajstić information content (AvgIpc) is 2.63. The van der Waals surface area contributed by atoms with Gasteiger partial charge < -0.3 is 15.5 Å². The van der Waals surface area contributed by atoms with E-state index in [1.807, 2.05) is 13.0 Å². The molecule has 0 radical (unpaired) electrons. The van der Waals surface area contributed by atoms with Crippen molar-refractivity contribution in [1.82, 2.24) is 24.8 Å². The standard InChI is InChI=1S/C17H24N6O2/c1-12-20-14(9-16(21-12)22-17-18-6-4-7-19-17)15-5-2-3-8-23(15)13(10-24)11-25/h4,6-7,9,13,15,24-25H,2-3,5,8,10-11H2,1H3,(H,18,19,20,21,22)/t15-/m1/s1. The topological polar surface area (TPSA) is 107 Å². The van der Waals surface area contributed by atoms with Crippen LogP contribution in [-0.4, -0.2) is 60.8 Å². The lowest BCUT2D eigenvalue weighted by Crippen LogP contribution is -2.45. The first-order valence-electron chi connectivity index (χ1n) is 8.58. The molecule has 1 fully saturated rings. The molecule has 0 aromatic carbocycles. The van der Waals surface area contributed by atoms with Crippen LogP contribution >= 0.6 is 0 Å². The summed E-state index contributed by atoms with van der Waals surface area (Å²) in [4.78, 5) is 19.5. The maximum Gasteiger partial charge on any atom is 0.228 e. The number of anilines is 2. The molecule has 1 aliphatic heterocycles. The second-order valence-corrected chi connectivity index (χ2v) is 6.19. The summed E-state index contributed by atoms with van der Waals surface area (Å²) in [6.45, 7) is 2.55. The molecule has 2 aromatic rings. The lowest BCUT2D eigenvalue weighted by molar-refractivity contribution is 0.0228. The molecule has 0 unspecified atom stereocenters. The quantitative estimate of drug-likeness (QED) is 0.717. The highest BCUT2D eigenvalue weighted by Gasteiger charge is 2.30. The number of aliphatic hydroxyl groups is 2. The Morgan fingerprint density at radius 2 is 1.96 bits per heavy atom. The van der Waals surface area contributed by atoms with E-state index in [9.17, 15) is 10.2 Å². The third-order valence-corrected chi connectivity index (χ3v) is 4.44. The van der Waals surface area contributed by atoms with Gasteiger partial charge in [0.05, 0.1) is 31.0 Å². The minimum atomic E-state index is -0.269. The number of hydrogen-bond donors (Lipinski definition) is 3. The van der Waals surface area contributed by atoms with Gasteiger partial charge in [-0.05, 0) is 32.4 Å². The molecule has 0 aliphatic carbocycles. The predicted octanol–water partition coefficient (Wildman–Crippen LogP) is 1.20. The number of piperidine rings is 1. The molecule has 1 aliphatic rings. The Kier molecular flexibility index (Phi) is 5.85. The highest BCUT2D eigenvalue weighted by atomic mass is 16.3. The second kappa shape index (κ2) is 8.28. The van der Waals surface area contributed by atoms with Crippen LogP contribution in [0.4, 0.5) is 11.8 Å². The SMILES string of the molecule is Cc1nc(Nc2ncccn2)cc([C@H]2CCCCN2C(CO)CO)n1. The van der Waals surface area contributed by atoms with Gasteiger partial charge >= 0.3 is 0 Å². The van der Waals surface area contributed by atoms with E-state index in [0.717, 1.165) is 31.5 Å². The Bertz CT molecular complexity index is 680. The van der Waals surface area contributed by atoms with Crippen LogP contribution in [0.15, 0.2) is 24.5 Å². The summed E-state index contributed by atoms with van der Waals surface area (Å²) in [6, 6.07) is 3.44. The molecule has 0 amide bonds. The number of nitrogens with one attached hydrogen (secondary N) is 1. The molecule has 0 spiro atoms. The molecule has 3 heterocycles. The molecule has 134 valence electrons. The van der Waals surface area contributed by atoms with E-state index in [0.29, 0.717) is 17.6 Å². The second-order valence-electron chi connectivity index (χ2n) is 6.19. The van der Waals surface area contributed by atoms with Crippen LogP contribution < -0.4 is 5.32 Å². The monoisotopic (exact) mass is 344 g/mol. The molecule has 0 saturated carbocycles. The van der Waals surface area contributed by atoms with E-state index in [1.165, 1.54) is 0 Å². The summed E-state index contributed by atoms with van der Waals surface area (Å²) in [6.07, 6.45) is 6.42. The zero-order valence-corrected chi connectivity index (χ0v) is 14.3. The summed E-state index contributed by atoms with van der Waals surface area (Å²) >= 11 is 0. The van der Waals surface area contributed by atoms with Gasteiger partial charge in [-0.15, -0.1) is 0 Å². The van der Waals surface area contributed by atoms with Crippen LogP contribution in [0.5, 0.6) is 0 Å². The molecule has 3 N–H and O–H groups in total. The minimum absolute atomic E-state index is 0.0528. The fourth-order valence-electron chi connectivity index (χ4n) is 3.28. The van der Waals surface area contributed by atoms with E-state index in [1.54, 1.807) is 18.5 Å². The van der Waals surface area contributed by atoms with Crippen molar-refractivity contribution < 1.29 is 10.2 Å².